The van der Waals surface area contributed by atoms with Gasteiger partial charge in [-0.25, -0.2) is 0 Å². The number of rotatable bonds is 61. The van der Waals surface area contributed by atoms with E-state index in [9.17, 15) is 14.4 Å². The quantitative estimate of drug-likeness (QED) is 0.0261. The van der Waals surface area contributed by atoms with E-state index in [4.69, 9.17) is 14.2 Å². The molecule has 0 aromatic rings. The number of hydrogen-bond acceptors (Lipinski definition) is 6. The Bertz CT molecular complexity index is 1240. The van der Waals surface area contributed by atoms with Crippen molar-refractivity contribution in [3.8, 4) is 0 Å². The molecule has 0 aliphatic heterocycles. The van der Waals surface area contributed by atoms with Gasteiger partial charge in [0.05, 0.1) is 0 Å². The van der Waals surface area contributed by atoms with E-state index in [0.717, 1.165) is 70.6 Å². The molecular formula is C68H126O6. The summed E-state index contributed by atoms with van der Waals surface area (Å²) in [4.78, 5) is 38.2. The van der Waals surface area contributed by atoms with Crippen LogP contribution in [0.25, 0.3) is 0 Å². The largest absolute Gasteiger partial charge is 0.462 e. The summed E-state index contributed by atoms with van der Waals surface area (Å²) in [6.45, 7) is 6.68. The average Bonchev–Trinajstić information content (AvgIpc) is 3.40. The van der Waals surface area contributed by atoms with E-state index in [1.807, 2.05) is 0 Å². The third-order valence-electron chi connectivity index (χ3n) is 14.9. The normalized spacial score (nSPS) is 12.2. The van der Waals surface area contributed by atoms with Crippen molar-refractivity contribution < 1.29 is 28.6 Å². The lowest BCUT2D eigenvalue weighted by Gasteiger charge is -2.18. The molecule has 0 aromatic carbocycles. The predicted molar refractivity (Wildman–Crippen MR) is 321 cm³/mol. The van der Waals surface area contributed by atoms with Crippen molar-refractivity contribution in [3.63, 3.8) is 0 Å². The zero-order valence-electron chi connectivity index (χ0n) is 49.9. The van der Waals surface area contributed by atoms with Crippen LogP contribution < -0.4 is 0 Å². The lowest BCUT2D eigenvalue weighted by Crippen LogP contribution is -2.30. The number of esters is 3. The van der Waals surface area contributed by atoms with Gasteiger partial charge in [-0.3, -0.25) is 14.4 Å². The minimum Gasteiger partial charge on any atom is -0.462 e. The highest BCUT2D eigenvalue weighted by molar-refractivity contribution is 5.71. The van der Waals surface area contributed by atoms with E-state index in [1.54, 1.807) is 0 Å². The first-order valence-corrected chi connectivity index (χ1v) is 33.0. The van der Waals surface area contributed by atoms with Crippen molar-refractivity contribution in [3.05, 3.63) is 36.5 Å². The maximum absolute atomic E-state index is 12.9. The lowest BCUT2D eigenvalue weighted by atomic mass is 10.0. The van der Waals surface area contributed by atoms with Crippen molar-refractivity contribution in [1.29, 1.82) is 0 Å². The van der Waals surface area contributed by atoms with Crippen LogP contribution in [0.2, 0.25) is 0 Å². The molecule has 0 spiro atoms. The topological polar surface area (TPSA) is 78.9 Å². The molecular weight excluding hydrogens is 913 g/mol. The van der Waals surface area contributed by atoms with Crippen LogP contribution in [0.1, 0.15) is 361 Å². The van der Waals surface area contributed by atoms with Gasteiger partial charge in [0.15, 0.2) is 6.10 Å². The molecule has 6 heteroatoms. The Morgan fingerprint density at radius 2 is 0.486 bits per heavy atom. The summed E-state index contributed by atoms with van der Waals surface area (Å²) < 4.78 is 16.9. The Morgan fingerprint density at radius 3 is 0.757 bits per heavy atom. The highest BCUT2D eigenvalue weighted by Crippen LogP contribution is 2.18. The van der Waals surface area contributed by atoms with E-state index in [0.29, 0.717) is 19.3 Å². The fourth-order valence-electron chi connectivity index (χ4n) is 9.92. The molecule has 0 N–H and O–H groups in total. The van der Waals surface area contributed by atoms with Gasteiger partial charge in [0, 0.05) is 19.3 Å². The SMILES string of the molecule is CCCCCCC/C=C\C/C=C\C/C=C\CCCCCCCCCCCCCCCCC(=O)OCC(COC(=O)CCCCCCCCCCCC)OC(=O)CCCCCCCCCCCCCCCCCCC. The van der Waals surface area contributed by atoms with Crippen molar-refractivity contribution in [2.75, 3.05) is 13.2 Å². The van der Waals surface area contributed by atoms with Crippen LogP contribution in [0.15, 0.2) is 36.5 Å². The molecule has 0 rings (SSSR count). The second-order valence-corrected chi connectivity index (χ2v) is 22.4. The number of unbranched alkanes of at least 4 members (excludes halogenated alkanes) is 44. The Morgan fingerprint density at radius 1 is 0.270 bits per heavy atom. The molecule has 0 aromatic heterocycles. The van der Waals surface area contributed by atoms with Crippen LogP contribution in [0.3, 0.4) is 0 Å². The zero-order valence-corrected chi connectivity index (χ0v) is 49.9. The second kappa shape index (κ2) is 63.2. The molecule has 0 aliphatic carbocycles. The van der Waals surface area contributed by atoms with Crippen LogP contribution in [-0.4, -0.2) is 37.2 Å². The molecule has 0 bridgehead atoms. The van der Waals surface area contributed by atoms with E-state index >= 15 is 0 Å². The third kappa shape index (κ3) is 60.5. The van der Waals surface area contributed by atoms with Crippen LogP contribution >= 0.6 is 0 Å². The summed E-state index contributed by atoms with van der Waals surface area (Å²) in [5.74, 6) is -0.843. The maximum atomic E-state index is 12.9. The van der Waals surface area contributed by atoms with Gasteiger partial charge in [-0.15, -0.1) is 0 Å². The summed E-state index contributed by atoms with van der Waals surface area (Å²) in [5, 5.41) is 0. The number of carbonyl (C=O) groups is 3. The van der Waals surface area contributed by atoms with Gasteiger partial charge in [0.25, 0.3) is 0 Å². The Kier molecular flexibility index (Phi) is 61.1. The number of allylic oxidation sites excluding steroid dienone is 6. The molecule has 1 unspecified atom stereocenters. The number of hydrogen-bond donors (Lipinski definition) is 0. The zero-order chi connectivity index (χ0) is 53.6. The summed E-state index contributed by atoms with van der Waals surface area (Å²) in [5.41, 5.74) is 0. The van der Waals surface area contributed by atoms with Gasteiger partial charge in [-0.05, 0) is 57.8 Å². The van der Waals surface area contributed by atoms with Crippen molar-refractivity contribution >= 4 is 17.9 Å². The Hall–Kier alpha value is -2.37. The van der Waals surface area contributed by atoms with Gasteiger partial charge in [-0.2, -0.15) is 0 Å². The first kappa shape index (κ1) is 71.6. The van der Waals surface area contributed by atoms with Gasteiger partial charge in [0.1, 0.15) is 13.2 Å². The molecule has 0 aliphatic rings. The van der Waals surface area contributed by atoms with E-state index < -0.39 is 6.10 Å². The molecule has 0 fully saturated rings. The second-order valence-electron chi connectivity index (χ2n) is 22.4. The molecule has 0 saturated heterocycles. The minimum absolute atomic E-state index is 0.0660. The third-order valence-corrected chi connectivity index (χ3v) is 14.9. The van der Waals surface area contributed by atoms with Crippen LogP contribution in [-0.2, 0) is 28.6 Å². The van der Waals surface area contributed by atoms with E-state index in [1.165, 1.54) is 250 Å². The fraction of sp³-hybridized carbons (Fsp3) is 0.868. The molecule has 1 atom stereocenters. The minimum atomic E-state index is -0.767. The van der Waals surface area contributed by atoms with Crippen molar-refractivity contribution in [2.45, 2.75) is 367 Å². The summed E-state index contributed by atoms with van der Waals surface area (Å²) in [6, 6.07) is 0. The molecule has 0 amide bonds. The smallest absolute Gasteiger partial charge is 0.306 e. The Labute approximate surface area is 461 Å². The van der Waals surface area contributed by atoms with Crippen LogP contribution in [0.4, 0.5) is 0 Å². The highest BCUT2D eigenvalue weighted by atomic mass is 16.6. The molecule has 6 nitrogen and oxygen atoms in total. The van der Waals surface area contributed by atoms with Gasteiger partial charge in [-0.1, -0.05) is 320 Å². The fourth-order valence-corrected chi connectivity index (χ4v) is 9.92. The van der Waals surface area contributed by atoms with Gasteiger partial charge >= 0.3 is 17.9 Å². The summed E-state index contributed by atoms with van der Waals surface area (Å²) >= 11 is 0. The van der Waals surface area contributed by atoms with Crippen LogP contribution in [0.5, 0.6) is 0 Å². The molecule has 0 heterocycles. The predicted octanol–water partition coefficient (Wildman–Crippen LogP) is 22.4. The van der Waals surface area contributed by atoms with Gasteiger partial charge in [0.2, 0.25) is 0 Å². The standard InChI is InChI=1S/C68H126O6/c1-4-7-10-13-16-19-22-24-26-28-29-30-31-32-33-34-35-36-37-38-39-41-42-44-46-49-52-55-58-61-67(70)73-64-65(63-72-66(69)60-57-54-51-48-21-18-15-12-9-6-3)74-68(71)62-59-56-53-50-47-45-43-40-27-25-23-20-17-14-11-8-5-2/h22,24,28-29,31-32,65H,4-21,23,25-27,30,33-64H2,1-3H3/b24-22-,29-28-,32-31-. The Balaban J connectivity index is 4.13. The van der Waals surface area contributed by atoms with Crippen molar-refractivity contribution in [1.82, 2.24) is 0 Å². The first-order chi connectivity index (χ1) is 36.5. The number of carbonyl (C=O) groups excluding carboxylic acids is 3. The van der Waals surface area contributed by atoms with E-state index in [-0.39, 0.29) is 31.1 Å². The van der Waals surface area contributed by atoms with Gasteiger partial charge < -0.3 is 14.2 Å². The van der Waals surface area contributed by atoms with E-state index in [2.05, 4.69) is 57.2 Å². The maximum Gasteiger partial charge on any atom is 0.306 e. The lowest BCUT2D eigenvalue weighted by molar-refractivity contribution is -0.167. The summed E-state index contributed by atoms with van der Waals surface area (Å²) in [7, 11) is 0. The molecule has 74 heavy (non-hydrogen) atoms. The first-order valence-electron chi connectivity index (χ1n) is 33.0. The van der Waals surface area contributed by atoms with Crippen molar-refractivity contribution in [2.24, 2.45) is 0 Å². The average molecular weight is 1040 g/mol. The molecule has 0 radical (unpaired) electrons. The molecule has 434 valence electrons. The number of ether oxygens (including phenoxy) is 3. The van der Waals surface area contributed by atoms with Crippen LogP contribution in [0, 0.1) is 0 Å². The monoisotopic (exact) mass is 1040 g/mol. The highest BCUT2D eigenvalue weighted by Gasteiger charge is 2.19. The molecule has 0 saturated carbocycles. The summed E-state index contributed by atoms with van der Waals surface area (Å²) in [6.07, 6.45) is 77.4.